The normalized spacial score (nSPS) is 12.3. The predicted molar refractivity (Wildman–Crippen MR) is 148 cm³/mol. The lowest BCUT2D eigenvalue weighted by Gasteiger charge is -2.20. The maximum absolute atomic E-state index is 12.8. The highest BCUT2D eigenvalue weighted by Crippen LogP contribution is 2.39. The average Bonchev–Trinajstić information content (AvgIpc) is 3.31. The van der Waals surface area contributed by atoms with Gasteiger partial charge in [-0.05, 0) is 80.3 Å². The highest BCUT2D eigenvalue weighted by Gasteiger charge is 2.23. The van der Waals surface area contributed by atoms with Gasteiger partial charge in [-0.25, -0.2) is 9.97 Å². The Bertz CT molecular complexity index is 1530. The number of amides is 2. The van der Waals surface area contributed by atoms with Gasteiger partial charge in [0.25, 0.3) is 5.91 Å². The van der Waals surface area contributed by atoms with Gasteiger partial charge in [0, 0.05) is 16.6 Å². The van der Waals surface area contributed by atoms with Crippen LogP contribution in [-0.4, -0.2) is 39.1 Å². The van der Waals surface area contributed by atoms with Gasteiger partial charge < -0.3 is 25.6 Å². The molecule has 4 aromatic rings. The molecular formula is C29H28N4O5S. The number of carbonyl (C=O) groups is 2. The molecule has 2 aromatic carbocycles. The molecule has 2 heterocycles. The van der Waals surface area contributed by atoms with Crippen LogP contribution in [0.2, 0.25) is 0 Å². The van der Waals surface area contributed by atoms with Crippen LogP contribution in [0.15, 0.2) is 60.8 Å². The molecule has 1 aliphatic rings. The van der Waals surface area contributed by atoms with Crippen molar-refractivity contribution in [3.63, 3.8) is 0 Å². The molecule has 0 fully saturated rings. The van der Waals surface area contributed by atoms with Crippen molar-refractivity contribution in [3.8, 4) is 28.6 Å². The Balaban J connectivity index is 1.21. The molecule has 0 saturated carbocycles. The summed E-state index contributed by atoms with van der Waals surface area (Å²) in [4.78, 5) is 34.2. The summed E-state index contributed by atoms with van der Waals surface area (Å²) in [6, 6.07) is 16.0. The van der Waals surface area contributed by atoms with E-state index in [4.69, 9.17) is 20.2 Å². The van der Waals surface area contributed by atoms with Crippen molar-refractivity contribution in [1.82, 2.24) is 9.97 Å². The third kappa shape index (κ3) is 6.42. The van der Waals surface area contributed by atoms with Crippen molar-refractivity contribution < 1.29 is 24.2 Å². The molecule has 0 saturated heterocycles. The second-order valence-electron chi connectivity index (χ2n) is 9.90. The van der Waals surface area contributed by atoms with Crippen LogP contribution in [0.3, 0.4) is 0 Å². The van der Waals surface area contributed by atoms with Crippen molar-refractivity contribution in [3.05, 3.63) is 82.4 Å². The Labute approximate surface area is 229 Å². The highest BCUT2D eigenvalue weighted by atomic mass is 32.1. The molecular weight excluding hydrogens is 516 g/mol. The van der Waals surface area contributed by atoms with E-state index in [0.717, 1.165) is 40.1 Å². The second-order valence-corrected chi connectivity index (χ2v) is 11.0. The highest BCUT2D eigenvalue weighted by molar-refractivity contribution is 7.16. The maximum atomic E-state index is 12.8. The van der Waals surface area contributed by atoms with E-state index in [9.17, 15) is 14.7 Å². The van der Waals surface area contributed by atoms with Crippen LogP contribution in [0.5, 0.6) is 17.4 Å². The fourth-order valence-corrected chi connectivity index (χ4v) is 5.18. The molecule has 1 aliphatic carbocycles. The quantitative estimate of drug-likeness (QED) is 0.282. The number of aromatic nitrogens is 2. The summed E-state index contributed by atoms with van der Waals surface area (Å²) in [5.74, 6) is 0.515. The number of aliphatic hydroxyl groups is 1. The van der Waals surface area contributed by atoms with Crippen LogP contribution in [0.4, 0.5) is 5.13 Å². The molecule has 4 N–H and O–H groups in total. The Morgan fingerprint density at radius 3 is 2.62 bits per heavy atom. The summed E-state index contributed by atoms with van der Waals surface area (Å²) < 4.78 is 11.4. The minimum atomic E-state index is -0.906. The van der Waals surface area contributed by atoms with Crippen LogP contribution in [0.25, 0.3) is 11.3 Å². The maximum Gasteiger partial charge on any atom is 0.254 e. The van der Waals surface area contributed by atoms with Gasteiger partial charge in [0.05, 0.1) is 17.7 Å². The van der Waals surface area contributed by atoms with Crippen molar-refractivity contribution >= 4 is 28.3 Å². The Morgan fingerprint density at radius 1 is 1.10 bits per heavy atom. The molecule has 0 spiro atoms. The van der Waals surface area contributed by atoms with E-state index in [2.05, 4.69) is 10.3 Å². The Kier molecular flexibility index (Phi) is 7.32. The lowest BCUT2D eigenvalue weighted by atomic mass is 9.93. The first kappa shape index (κ1) is 26.3. The fraction of sp³-hybridized carbons (Fsp3) is 0.241. The molecule has 0 aliphatic heterocycles. The number of nitrogens with zero attached hydrogens (tertiary/aromatic N) is 2. The first-order valence-electron chi connectivity index (χ1n) is 12.4. The summed E-state index contributed by atoms with van der Waals surface area (Å²) in [7, 11) is 0. The molecule has 0 radical (unpaired) electrons. The molecule has 10 heteroatoms. The molecule has 0 atom stereocenters. The monoisotopic (exact) mass is 544 g/mol. The van der Waals surface area contributed by atoms with E-state index in [0.29, 0.717) is 16.6 Å². The first-order valence-corrected chi connectivity index (χ1v) is 13.3. The fourth-order valence-electron chi connectivity index (χ4n) is 4.19. The van der Waals surface area contributed by atoms with E-state index >= 15 is 0 Å². The number of fused-ring (bicyclic) bond motifs is 3. The minimum absolute atomic E-state index is 0.127. The predicted octanol–water partition coefficient (Wildman–Crippen LogP) is 4.53. The third-order valence-electron chi connectivity index (χ3n) is 6.03. The second kappa shape index (κ2) is 10.8. The number of primary amides is 1. The Morgan fingerprint density at radius 2 is 1.87 bits per heavy atom. The molecule has 2 aromatic heterocycles. The van der Waals surface area contributed by atoms with Gasteiger partial charge >= 0.3 is 0 Å². The standard InChI is InChI=1S/C29H28N4O5S/c1-29(2,36)16-37-20-10-11-21-18(15-20)7-12-23-25(21)33-28(39-23)32-24(34)14-17-5-8-19(9-6-17)38-27-22(26(30)35)4-3-13-31-27/h3-6,8-11,13,15,36H,7,12,14,16H2,1-2H3,(H2,30,35)(H,32,33,34). The van der Waals surface area contributed by atoms with Gasteiger partial charge in [0.1, 0.15) is 23.7 Å². The van der Waals surface area contributed by atoms with E-state index in [1.807, 2.05) is 18.2 Å². The summed E-state index contributed by atoms with van der Waals surface area (Å²) in [6.07, 6.45) is 3.37. The average molecular weight is 545 g/mol. The van der Waals surface area contributed by atoms with Crippen LogP contribution in [-0.2, 0) is 24.1 Å². The lowest BCUT2D eigenvalue weighted by molar-refractivity contribution is -0.115. The molecule has 200 valence electrons. The SMILES string of the molecule is CC(C)(O)COc1ccc2c(c1)CCc1sc(NC(=O)Cc3ccc(Oc4ncccc4C(N)=O)cc3)nc1-2. The van der Waals surface area contributed by atoms with Gasteiger partial charge in [-0.3, -0.25) is 9.59 Å². The largest absolute Gasteiger partial charge is 0.491 e. The van der Waals surface area contributed by atoms with Crippen molar-refractivity contribution in [1.29, 1.82) is 0 Å². The number of benzene rings is 2. The number of anilines is 1. The van der Waals surface area contributed by atoms with E-state index in [1.54, 1.807) is 50.2 Å². The van der Waals surface area contributed by atoms with Gasteiger partial charge in [-0.2, -0.15) is 0 Å². The summed E-state index contributed by atoms with van der Waals surface area (Å²) in [5.41, 5.74) is 8.51. The van der Waals surface area contributed by atoms with Gasteiger partial charge in [-0.1, -0.05) is 12.1 Å². The van der Waals surface area contributed by atoms with Crippen LogP contribution >= 0.6 is 11.3 Å². The summed E-state index contributed by atoms with van der Waals surface area (Å²) >= 11 is 1.49. The van der Waals surface area contributed by atoms with Crippen molar-refractivity contribution in [2.45, 2.75) is 38.7 Å². The topological polar surface area (TPSA) is 137 Å². The van der Waals surface area contributed by atoms with Crippen LogP contribution in [0, 0.1) is 0 Å². The number of nitrogens with two attached hydrogens (primary N) is 1. The zero-order chi connectivity index (χ0) is 27.6. The zero-order valence-electron chi connectivity index (χ0n) is 21.6. The molecule has 5 rings (SSSR count). The number of ether oxygens (including phenoxy) is 2. The first-order chi connectivity index (χ1) is 18.6. The summed E-state index contributed by atoms with van der Waals surface area (Å²) in [5, 5.41) is 13.4. The number of rotatable bonds is 9. The van der Waals surface area contributed by atoms with Gasteiger partial charge in [0.15, 0.2) is 5.13 Å². The van der Waals surface area contributed by atoms with E-state index < -0.39 is 11.5 Å². The van der Waals surface area contributed by atoms with E-state index in [-0.39, 0.29) is 30.4 Å². The number of hydrogen-bond donors (Lipinski definition) is 3. The number of hydrogen-bond acceptors (Lipinski definition) is 8. The summed E-state index contributed by atoms with van der Waals surface area (Å²) in [6.45, 7) is 3.62. The minimum Gasteiger partial charge on any atom is -0.491 e. The number of pyridine rings is 1. The molecule has 0 bridgehead atoms. The van der Waals surface area contributed by atoms with Gasteiger partial charge in [-0.15, -0.1) is 11.3 Å². The molecule has 0 unspecified atom stereocenters. The lowest BCUT2D eigenvalue weighted by Crippen LogP contribution is -2.27. The number of nitrogens with one attached hydrogen (secondary N) is 1. The smallest absolute Gasteiger partial charge is 0.254 e. The molecule has 39 heavy (non-hydrogen) atoms. The Hall–Kier alpha value is -4.28. The van der Waals surface area contributed by atoms with E-state index in [1.165, 1.54) is 17.5 Å². The third-order valence-corrected chi connectivity index (χ3v) is 7.06. The molecule has 9 nitrogen and oxygen atoms in total. The van der Waals surface area contributed by atoms with Gasteiger partial charge in [0.2, 0.25) is 11.8 Å². The van der Waals surface area contributed by atoms with Crippen molar-refractivity contribution in [2.75, 3.05) is 11.9 Å². The number of carbonyl (C=O) groups excluding carboxylic acids is 2. The number of aryl methyl sites for hydroxylation is 2. The number of thiazole rings is 1. The zero-order valence-corrected chi connectivity index (χ0v) is 22.4. The van der Waals surface area contributed by atoms with Crippen LogP contribution < -0.4 is 20.5 Å². The van der Waals surface area contributed by atoms with Crippen LogP contribution in [0.1, 0.15) is 40.2 Å². The van der Waals surface area contributed by atoms with Crippen molar-refractivity contribution in [2.24, 2.45) is 5.73 Å². The molecule has 2 amide bonds.